The molecule has 0 spiro atoms. The number of hydrogen-bond donors (Lipinski definition) is 1. The predicted octanol–water partition coefficient (Wildman–Crippen LogP) is 2.75. The Balaban J connectivity index is 2.29. The van der Waals surface area contributed by atoms with Crippen LogP contribution in [0.5, 0.6) is 0 Å². The van der Waals surface area contributed by atoms with E-state index in [1.807, 2.05) is 22.9 Å². The number of rotatable bonds is 6. The smallest absolute Gasteiger partial charge is 0.183 e. The lowest BCUT2D eigenvalue weighted by molar-refractivity contribution is 0.140. The molecular weight excluding hydrogens is 334 g/mol. The average molecular weight is 354 g/mol. The van der Waals surface area contributed by atoms with Crippen LogP contribution in [0.2, 0.25) is 0 Å². The highest BCUT2D eigenvalue weighted by atomic mass is 79.9. The number of halogens is 1. The van der Waals surface area contributed by atoms with E-state index in [2.05, 4.69) is 45.3 Å². The summed E-state index contributed by atoms with van der Waals surface area (Å²) in [6.07, 6.45) is 0.931. The second kappa shape index (κ2) is 6.53. The molecule has 0 amide bonds. The fourth-order valence-corrected chi connectivity index (χ4v) is 2.53. The minimum absolute atomic E-state index is 0.0347. The van der Waals surface area contributed by atoms with Crippen molar-refractivity contribution in [2.24, 2.45) is 5.41 Å². The van der Waals surface area contributed by atoms with Crippen LogP contribution in [0.25, 0.3) is 11.4 Å². The van der Waals surface area contributed by atoms with Gasteiger partial charge >= 0.3 is 0 Å². The van der Waals surface area contributed by atoms with E-state index in [1.54, 1.807) is 7.11 Å². The number of aromatic nitrogens is 4. The van der Waals surface area contributed by atoms with Gasteiger partial charge in [0.1, 0.15) is 0 Å². The van der Waals surface area contributed by atoms with Gasteiger partial charge in [0.2, 0.25) is 0 Å². The van der Waals surface area contributed by atoms with Gasteiger partial charge in [0, 0.05) is 25.0 Å². The third-order valence-corrected chi connectivity index (χ3v) is 4.25. The second-order valence-electron chi connectivity index (χ2n) is 5.78. The Morgan fingerprint density at radius 2 is 2.14 bits per heavy atom. The molecule has 1 aromatic heterocycles. The SMILES string of the molecule is COCCC(C)(C)Cn1nnnc1-c1cccc(N)c1Br. The molecule has 0 saturated heterocycles. The molecule has 1 heterocycles. The summed E-state index contributed by atoms with van der Waals surface area (Å²) >= 11 is 3.50. The van der Waals surface area contributed by atoms with Crippen LogP contribution in [0.4, 0.5) is 5.69 Å². The summed E-state index contributed by atoms with van der Waals surface area (Å²) in [5.41, 5.74) is 7.52. The third-order valence-electron chi connectivity index (χ3n) is 3.36. The van der Waals surface area contributed by atoms with Gasteiger partial charge in [-0.3, -0.25) is 0 Å². The molecule has 0 atom stereocenters. The van der Waals surface area contributed by atoms with Crippen molar-refractivity contribution in [1.82, 2.24) is 20.2 Å². The maximum atomic E-state index is 5.93. The molecule has 21 heavy (non-hydrogen) atoms. The topological polar surface area (TPSA) is 78.8 Å². The van der Waals surface area contributed by atoms with Gasteiger partial charge in [-0.2, -0.15) is 0 Å². The minimum atomic E-state index is 0.0347. The van der Waals surface area contributed by atoms with Gasteiger partial charge < -0.3 is 10.5 Å². The van der Waals surface area contributed by atoms with Crippen molar-refractivity contribution >= 4 is 21.6 Å². The summed E-state index contributed by atoms with van der Waals surface area (Å²) in [4.78, 5) is 0. The van der Waals surface area contributed by atoms with E-state index in [4.69, 9.17) is 10.5 Å². The highest BCUT2D eigenvalue weighted by Gasteiger charge is 2.22. The first-order valence-electron chi connectivity index (χ1n) is 6.74. The van der Waals surface area contributed by atoms with Crippen LogP contribution in [0.3, 0.4) is 0 Å². The third kappa shape index (κ3) is 3.79. The Kier molecular flexibility index (Phi) is 4.95. The van der Waals surface area contributed by atoms with Crippen LogP contribution >= 0.6 is 15.9 Å². The summed E-state index contributed by atoms with van der Waals surface area (Å²) in [5, 5.41) is 12.1. The molecular formula is C14H20BrN5O. The van der Waals surface area contributed by atoms with Crippen molar-refractivity contribution in [3.8, 4) is 11.4 Å². The van der Waals surface area contributed by atoms with Gasteiger partial charge in [-0.15, -0.1) is 5.10 Å². The first kappa shape index (κ1) is 15.9. The average Bonchev–Trinajstić information content (AvgIpc) is 2.87. The van der Waals surface area contributed by atoms with E-state index < -0.39 is 0 Å². The molecule has 0 fully saturated rings. The van der Waals surface area contributed by atoms with Crippen molar-refractivity contribution in [3.05, 3.63) is 22.7 Å². The largest absolute Gasteiger partial charge is 0.398 e. The lowest BCUT2D eigenvalue weighted by Crippen LogP contribution is -2.23. The molecule has 0 unspecified atom stereocenters. The first-order valence-corrected chi connectivity index (χ1v) is 7.53. The number of anilines is 1. The predicted molar refractivity (Wildman–Crippen MR) is 85.6 cm³/mol. The summed E-state index contributed by atoms with van der Waals surface area (Å²) in [7, 11) is 1.71. The van der Waals surface area contributed by atoms with Crippen molar-refractivity contribution in [1.29, 1.82) is 0 Å². The quantitative estimate of drug-likeness (QED) is 0.807. The van der Waals surface area contributed by atoms with E-state index in [-0.39, 0.29) is 5.41 Å². The molecule has 114 valence electrons. The van der Waals surface area contributed by atoms with Gasteiger partial charge in [0.05, 0.1) is 11.0 Å². The minimum Gasteiger partial charge on any atom is -0.398 e. The Hall–Kier alpha value is -1.47. The van der Waals surface area contributed by atoms with E-state index in [0.29, 0.717) is 24.7 Å². The summed E-state index contributed by atoms with van der Waals surface area (Å²) in [6, 6.07) is 5.68. The fourth-order valence-electron chi connectivity index (χ4n) is 2.09. The van der Waals surface area contributed by atoms with Crippen LogP contribution in [-0.2, 0) is 11.3 Å². The molecule has 1 aromatic carbocycles. The Bertz CT molecular complexity index is 611. The zero-order valence-electron chi connectivity index (χ0n) is 12.5. The number of nitrogens with two attached hydrogens (primary N) is 1. The monoisotopic (exact) mass is 353 g/mol. The molecule has 0 aliphatic carbocycles. The molecule has 0 radical (unpaired) electrons. The number of benzene rings is 1. The normalized spacial score (nSPS) is 11.8. The zero-order valence-corrected chi connectivity index (χ0v) is 14.1. The van der Waals surface area contributed by atoms with Crippen molar-refractivity contribution in [2.45, 2.75) is 26.8 Å². The summed E-state index contributed by atoms with van der Waals surface area (Å²) in [6.45, 7) is 5.77. The van der Waals surface area contributed by atoms with Crippen molar-refractivity contribution < 1.29 is 4.74 Å². The lowest BCUT2D eigenvalue weighted by Gasteiger charge is -2.24. The molecule has 0 aliphatic rings. The molecule has 6 nitrogen and oxygen atoms in total. The molecule has 2 rings (SSSR count). The summed E-state index contributed by atoms with van der Waals surface area (Å²) in [5.74, 6) is 0.708. The molecule has 2 aromatic rings. The van der Waals surface area contributed by atoms with Gasteiger partial charge in [0.15, 0.2) is 5.82 Å². The van der Waals surface area contributed by atoms with Crippen LogP contribution in [0.15, 0.2) is 22.7 Å². The zero-order chi connectivity index (χ0) is 15.5. The molecule has 2 N–H and O–H groups in total. The highest BCUT2D eigenvalue weighted by molar-refractivity contribution is 9.10. The van der Waals surface area contributed by atoms with E-state index in [9.17, 15) is 0 Å². The standard InChI is InChI=1S/C14H20BrN5O/c1-14(2,7-8-21-3)9-20-13(17-18-19-20)10-5-4-6-11(16)12(10)15/h4-6H,7-9,16H2,1-3H3. The van der Waals surface area contributed by atoms with E-state index >= 15 is 0 Å². The van der Waals surface area contributed by atoms with Gasteiger partial charge in [0.25, 0.3) is 0 Å². The van der Waals surface area contributed by atoms with E-state index in [1.165, 1.54) is 0 Å². The Morgan fingerprint density at radius 3 is 2.86 bits per heavy atom. The van der Waals surface area contributed by atoms with Gasteiger partial charge in [-0.1, -0.05) is 19.9 Å². The van der Waals surface area contributed by atoms with Gasteiger partial charge in [-0.25, -0.2) is 4.68 Å². The Morgan fingerprint density at radius 1 is 1.38 bits per heavy atom. The van der Waals surface area contributed by atoms with Crippen LogP contribution in [0.1, 0.15) is 20.3 Å². The summed E-state index contributed by atoms with van der Waals surface area (Å²) < 4.78 is 7.79. The van der Waals surface area contributed by atoms with Crippen LogP contribution < -0.4 is 5.73 Å². The Labute approximate surface area is 132 Å². The molecule has 0 bridgehead atoms. The number of hydrogen-bond acceptors (Lipinski definition) is 5. The highest BCUT2D eigenvalue weighted by Crippen LogP contribution is 2.32. The van der Waals surface area contributed by atoms with Crippen molar-refractivity contribution in [3.63, 3.8) is 0 Å². The fraction of sp³-hybridized carbons (Fsp3) is 0.500. The van der Waals surface area contributed by atoms with Gasteiger partial charge in [-0.05, 0) is 50.3 Å². The molecule has 7 heteroatoms. The number of nitrogen functional groups attached to an aromatic ring is 1. The van der Waals surface area contributed by atoms with Crippen LogP contribution in [0, 0.1) is 5.41 Å². The number of tetrazole rings is 1. The number of ether oxygens (including phenoxy) is 1. The van der Waals surface area contributed by atoms with Crippen molar-refractivity contribution in [2.75, 3.05) is 19.5 Å². The van der Waals surface area contributed by atoms with Crippen LogP contribution in [-0.4, -0.2) is 33.9 Å². The maximum Gasteiger partial charge on any atom is 0.183 e. The molecule has 0 aliphatic heterocycles. The lowest BCUT2D eigenvalue weighted by atomic mass is 9.89. The van der Waals surface area contributed by atoms with E-state index in [0.717, 1.165) is 16.5 Å². The first-order chi connectivity index (χ1) is 9.94. The number of nitrogens with zero attached hydrogens (tertiary/aromatic N) is 4. The number of methoxy groups -OCH3 is 1. The second-order valence-corrected chi connectivity index (χ2v) is 6.57. The maximum absolute atomic E-state index is 5.93. The molecule has 0 saturated carbocycles.